The summed E-state index contributed by atoms with van der Waals surface area (Å²) in [7, 11) is -3.76. The molecular formula is C13H16ClN3O3S. The second-order valence-corrected chi connectivity index (χ2v) is 6.62. The highest BCUT2D eigenvalue weighted by Gasteiger charge is 2.24. The minimum absolute atomic E-state index is 0.108. The van der Waals surface area contributed by atoms with Crippen molar-refractivity contribution < 1.29 is 13.5 Å². The number of hydrogen-bond acceptors (Lipinski definition) is 4. The number of nitrogens with one attached hydrogen (secondary N) is 1. The molecule has 0 spiro atoms. The van der Waals surface area contributed by atoms with Gasteiger partial charge in [0.15, 0.2) is 0 Å². The first-order chi connectivity index (χ1) is 9.85. The Bertz CT molecular complexity index is 756. The zero-order valence-corrected chi connectivity index (χ0v) is 13.2. The topological polar surface area (TPSA) is 84.2 Å². The lowest BCUT2D eigenvalue weighted by atomic mass is 10.3. The minimum Gasteiger partial charge on any atom is -0.394 e. The highest BCUT2D eigenvalue weighted by atomic mass is 35.5. The Labute approximate surface area is 128 Å². The van der Waals surface area contributed by atoms with Crippen molar-refractivity contribution in [1.29, 1.82) is 0 Å². The fourth-order valence-electron chi connectivity index (χ4n) is 2.14. The Kier molecular flexibility index (Phi) is 4.55. The summed E-state index contributed by atoms with van der Waals surface area (Å²) in [6, 6.07) is 6.47. The SMILES string of the molecule is Cc1nn(CCO)c(C)c1S(=O)(=O)Nc1cccc(Cl)c1. The molecule has 8 heteroatoms. The van der Waals surface area contributed by atoms with Crippen molar-refractivity contribution in [1.82, 2.24) is 9.78 Å². The molecule has 0 aliphatic rings. The molecule has 0 fully saturated rings. The quantitative estimate of drug-likeness (QED) is 0.878. The van der Waals surface area contributed by atoms with Gasteiger partial charge in [-0.3, -0.25) is 9.40 Å². The van der Waals surface area contributed by atoms with Crippen LogP contribution in [-0.4, -0.2) is 29.9 Å². The number of halogens is 1. The summed E-state index contributed by atoms with van der Waals surface area (Å²) < 4.78 is 29.0. The van der Waals surface area contributed by atoms with Crippen molar-refractivity contribution in [2.45, 2.75) is 25.3 Å². The Balaban J connectivity index is 2.40. The van der Waals surface area contributed by atoms with Gasteiger partial charge in [0.05, 0.1) is 30.2 Å². The van der Waals surface area contributed by atoms with Crippen molar-refractivity contribution in [2.75, 3.05) is 11.3 Å². The number of rotatable bonds is 5. The smallest absolute Gasteiger partial charge is 0.265 e. The largest absolute Gasteiger partial charge is 0.394 e. The lowest BCUT2D eigenvalue weighted by molar-refractivity contribution is 0.267. The van der Waals surface area contributed by atoms with Crippen molar-refractivity contribution in [3.63, 3.8) is 0 Å². The van der Waals surface area contributed by atoms with Crippen LogP contribution in [0.4, 0.5) is 5.69 Å². The van der Waals surface area contributed by atoms with Crippen molar-refractivity contribution >= 4 is 27.3 Å². The molecule has 0 unspecified atom stereocenters. The molecule has 0 radical (unpaired) electrons. The van der Waals surface area contributed by atoms with Crippen LogP contribution in [0.15, 0.2) is 29.2 Å². The highest BCUT2D eigenvalue weighted by Crippen LogP contribution is 2.23. The third-order valence-corrected chi connectivity index (χ3v) is 4.84. The van der Waals surface area contributed by atoms with E-state index in [4.69, 9.17) is 16.7 Å². The maximum Gasteiger partial charge on any atom is 0.265 e. The molecular weight excluding hydrogens is 314 g/mol. The Hall–Kier alpha value is -1.57. The fraction of sp³-hybridized carbons (Fsp3) is 0.308. The number of aromatic nitrogens is 2. The maximum atomic E-state index is 12.5. The lowest BCUT2D eigenvalue weighted by Gasteiger charge is -2.09. The lowest BCUT2D eigenvalue weighted by Crippen LogP contribution is -2.15. The summed E-state index contributed by atoms with van der Waals surface area (Å²) in [5.74, 6) is 0. The van der Waals surface area contributed by atoms with Crippen LogP contribution in [0.2, 0.25) is 5.02 Å². The molecule has 0 aliphatic heterocycles. The van der Waals surface area contributed by atoms with E-state index in [-0.39, 0.29) is 18.0 Å². The molecule has 2 aromatic rings. The number of nitrogens with zero attached hydrogens (tertiary/aromatic N) is 2. The molecule has 1 aromatic heterocycles. The molecule has 1 heterocycles. The predicted molar refractivity (Wildman–Crippen MR) is 81.0 cm³/mol. The molecule has 0 amide bonds. The van der Waals surface area contributed by atoms with E-state index in [1.54, 1.807) is 32.0 Å². The van der Waals surface area contributed by atoms with Gasteiger partial charge in [0.1, 0.15) is 4.90 Å². The Morgan fingerprint density at radius 2 is 2.10 bits per heavy atom. The number of aliphatic hydroxyl groups excluding tert-OH is 1. The van der Waals surface area contributed by atoms with Crippen molar-refractivity contribution in [2.24, 2.45) is 0 Å². The van der Waals surface area contributed by atoms with Crippen molar-refractivity contribution in [3.8, 4) is 0 Å². The maximum absolute atomic E-state index is 12.5. The highest BCUT2D eigenvalue weighted by molar-refractivity contribution is 7.92. The number of anilines is 1. The zero-order chi connectivity index (χ0) is 15.6. The van der Waals surface area contributed by atoms with Crippen LogP contribution in [0.3, 0.4) is 0 Å². The molecule has 0 saturated heterocycles. The van der Waals surface area contributed by atoms with Gasteiger partial charge >= 0.3 is 0 Å². The Morgan fingerprint density at radius 1 is 1.38 bits per heavy atom. The molecule has 1 aromatic carbocycles. The number of sulfonamides is 1. The first-order valence-electron chi connectivity index (χ1n) is 6.28. The molecule has 21 heavy (non-hydrogen) atoms. The summed E-state index contributed by atoms with van der Waals surface area (Å²) >= 11 is 5.85. The average Bonchev–Trinajstić information content (AvgIpc) is 2.64. The Morgan fingerprint density at radius 3 is 2.71 bits per heavy atom. The van der Waals surface area contributed by atoms with Crippen LogP contribution in [0, 0.1) is 13.8 Å². The van der Waals surface area contributed by atoms with Gasteiger partial charge in [0.25, 0.3) is 10.0 Å². The van der Waals surface area contributed by atoms with E-state index in [1.807, 2.05) is 0 Å². The van der Waals surface area contributed by atoms with E-state index < -0.39 is 10.0 Å². The summed E-state index contributed by atoms with van der Waals surface area (Å²) in [6.07, 6.45) is 0. The number of aliphatic hydroxyl groups is 1. The third kappa shape index (κ3) is 3.37. The number of aryl methyl sites for hydroxylation is 1. The molecule has 0 aliphatic carbocycles. The van der Waals surface area contributed by atoms with Crippen LogP contribution in [0.1, 0.15) is 11.4 Å². The van der Waals surface area contributed by atoms with E-state index in [0.29, 0.717) is 22.1 Å². The van der Waals surface area contributed by atoms with E-state index in [9.17, 15) is 8.42 Å². The fourth-order valence-corrected chi connectivity index (χ4v) is 3.79. The molecule has 2 rings (SSSR count). The van der Waals surface area contributed by atoms with Crippen LogP contribution in [-0.2, 0) is 16.6 Å². The third-order valence-electron chi connectivity index (χ3n) is 2.97. The molecule has 0 saturated carbocycles. The summed E-state index contributed by atoms with van der Waals surface area (Å²) in [4.78, 5) is 0.121. The van der Waals surface area contributed by atoms with E-state index in [2.05, 4.69) is 9.82 Å². The van der Waals surface area contributed by atoms with Crippen LogP contribution >= 0.6 is 11.6 Å². The summed E-state index contributed by atoms with van der Waals surface area (Å²) in [5.41, 5.74) is 1.25. The van der Waals surface area contributed by atoms with Gasteiger partial charge in [-0.2, -0.15) is 5.10 Å². The molecule has 114 valence electrons. The normalized spacial score (nSPS) is 11.6. The van der Waals surface area contributed by atoms with Gasteiger partial charge < -0.3 is 5.11 Å². The van der Waals surface area contributed by atoms with Gasteiger partial charge in [0.2, 0.25) is 0 Å². The van der Waals surface area contributed by atoms with Crippen LogP contribution in [0.5, 0.6) is 0 Å². The van der Waals surface area contributed by atoms with E-state index >= 15 is 0 Å². The van der Waals surface area contributed by atoms with Crippen LogP contribution < -0.4 is 4.72 Å². The summed E-state index contributed by atoms with van der Waals surface area (Å²) in [6.45, 7) is 3.41. The van der Waals surface area contributed by atoms with Gasteiger partial charge in [-0.1, -0.05) is 17.7 Å². The second kappa shape index (κ2) is 6.05. The van der Waals surface area contributed by atoms with Gasteiger partial charge in [-0.15, -0.1) is 0 Å². The molecule has 0 atom stereocenters. The first-order valence-corrected chi connectivity index (χ1v) is 8.14. The predicted octanol–water partition coefficient (Wildman–Crippen LogP) is 1.95. The van der Waals surface area contributed by atoms with Crippen molar-refractivity contribution in [3.05, 3.63) is 40.7 Å². The monoisotopic (exact) mass is 329 g/mol. The second-order valence-electron chi connectivity index (χ2n) is 4.56. The zero-order valence-electron chi connectivity index (χ0n) is 11.7. The van der Waals surface area contributed by atoms with E-state index in [0.717, 1.165) is 0 Å². The van der Waals surface area contributed by atoms with Crippen LogP contribution in [0.25, 0.3) is 0 Å². The van der Waals surface area contributed by atoms with Gasteiger partial charge in [0, 0.05) is 5.02 Å². The number of hydrogen-bond donors (Lipinski definition) is 2. The molecule has 2 N–H and O–H groups in total. The summed E-state index contributed by atoms with van der Waals surface area (Å²) in [5, 5.41) is 13.6. The van der Waals surface area contributed by atoms with E-state index in [1.165, 1.54) is 10.7 Å². The average molecular weight is 330 g/mol. The minimum atomic E-state index is -3.76. The van der Waals surface area contributed by atoms with Gasteiger partial charge in [-0.05, 0) is 32.0 Å². The standard InChI is InChI=1S/C13H16ClN3O3S/c1-9-13(10(2)17(15-9)6-7-18)21(19,20)16-12-5-3-4-11(14)8-12/h3-5,8,16,18H,6-7H2,1-2H3. The first kappa shape index (κ1) is 15.8. The number of benzene rings is 1. The molecule has 6 nitrogen and oxygen atoms in total. The molecule has 0 bridgehead atoms. The van der Waals surface area contributed by atoms with Gasteiger partial charge in [-0.25, -0.2) is 8.42 Å².